The molecule has 0 radical (unpaired) electrons. The Morgan fingerprint density at radius 3 is 2.65 bits per heavy atom. The molecule has 1 aromatic rings. The van der Waals surface area contributed by atoms with E-state index in [1.54, 1.807) is 0 Å². The second-order valence-corrected chi connectivity index (χ2v) is 6.52. The fourth-order valence-corrected chi connectivity index (χ4v) is 2.44. The summed E-state index contributed by atoms with van der Waals surface area (Å²) < 4.78 is 5.18. The standard InChI is InChI=1S/C17H25N3O3/c1-17(2,3)23-16(22)19-11-10-18-13-7-4-5-8-14(13)20-12-6-9-15(20)21/h4-5,7-8,18H,6,9-12H2,1-3H3,(H,19,22). The minimum absolute atomic E-state index is 0.158. The van der Waals surface area contributed by atoms with E-state index in [2.05, 4.69) is 10.6 Å². The van der Waals surface area contributed by atoms with Crippen molar-refractivity contribution in [1.82, 2.24) is 5.32 Å². The molecule has 0 atom stereocenters. The number of para-hydroxylation sites is 2. The summed E-state index contributed by atoms with van der Waals surface area (Å²) in [5.74, 6) is 0.158. The largest absolute Gasteiger partial charge is 0.444 e. The van der Waals surface area contributed by atoms with Gasteiger partial charge in [-0.2, -0.15) is 0 Å². The quantitative estimate of drug-likeness (QED) is 0.819. The number of benzene rings is 1. The number of nitrogens with zero attached hydrogens (tertiary/aromatic N) is 1. The number of rotatable bonds is 5. The van der Waals surface area contributed by atoms with E-state index in [1.807, 2.05) is 49.9 Å². The summed E-state index contributed by atoms with van der Waals surface area (Å²) in [6, 6.07) is 7.72. The number of carbonyl (C=O) groups excluding carboxylic acids is 2. The zero-order chi connectivity index (χ0) is 16.9. The first-order chi connectivity index (χ1) is 10.9. The molecule has 6 nitrogen and oxygen atoms in total. The Bertz CT molecular complexity index is 566. The number of amides is 2. The van der Waals surface area contributed by atoms with Crippen LogP contribution in [-0.4, -0.2) is 37.2 Å². The van der Waals surface area contributed by atoms with Crippen LogP contribution in [0.25, 0.3) is 0 Å². The third-order valence-electron chi connectivity index (χ3n) is 3.38. The number of ether oxygens (including phenoxy) is 1. The molecule has 23 heavy (non-hydrogen) atoms. The van der Waals surface area contributed by atoms with Gasteiger partial charge in [0.2, 0.25) is 5.91 Å². The summed E-state index contributed by atoms with van der Waals surface area (Å²) in [4.78, 5) is 25.3. The van der Waals surface area contributed by atoms with E-state index in [4.69, 9.17) is 4.74 Å². The molecular weight excluding hydrogens is 294 g/mol. The zero-order valence-corrected chi connectivity index (χ0v) is 14.0. The van der Waals surface area contributed by atoms with Crippen molar-refractivity contribution in [3.05, 3.63) is 24.3 Å². The van der Waals surface area contributed by atoms with E-state index in [0.717, 1.165) is 24.3 Å². The summed E-state index contributed by atoms with van der Waals surface area (Å²) in [5.41, 5.74) is 1.29. The first-order valence-electron chi connectivity index (χ1n) is 7.97. The van der Waals surface area contributed by atoms with Crippen LogP contribution in [0.5, 0.6) is 0 Å². The lowest BCUT2D eigenvalue weighted by Crippen LogP contribution is -2.35. The molecule has 0 saturated carbocycles. The maximum absolute atomic E-state index is 11.9. The average Bonchev–Trinajstić information content (AvgIpc) is 2.88. The highest BCUT2D eigenvalue weighted by Crippen LogP contribution is 2.29. The molecule has 1 heterocycles. The van der Waals surface area contributed by atoms with Gasteiger partial charge in [0.15, 0.2) is 0 Å². The van der Waals surface area contributed by atoms with Crippen molar-refractivity contribution < 1.29 is 14.3 Å². The predicted molar refractivity (Wildman–Crippen MR) is 90.8 cm³/mol. The van der Waals surface area contributed by atoms with Crippen LogP contribution in [0.1, 0.15) is 33.6 Å². The lowest BCUT2D eigenvalue weighted by atomic mass is 10.2. The normalized spacial score (nSPS) is 14.7. The summed E-state index contributed by atoms with van der Waals surface area (Å²) in [7, 11) is 0. The molecule has 0 spiro atoms. The Morgan fingerprint density at radius 2 is 2.00 bits per heavy atom. The highest BCUT2D eigenvalue weighted by molar-refractivity contribution is 5.98. The minimum Gasteiger partial charge on any atom is -0.444 e. The van der Waals surface area contributed by atoms with Crippen LogP contribution in [0.15, 0.2) is 24.3 Å². The van der Waals surface area contributed by atoms with Gasteiger partial charge in [-0.05, 0) is 39.3 Å². The molecule has 2 amide bonds. The SMILES string of the molecule is CC(C)(C)OC(=O)NCCNc1ccccc1N1CCCC1=O. The van der Waals surface area contributed by atoms with E-state index >= 15 is 0 Å². The minimum atomic E-state index is -0.500. The van der Waals surface area contributed by atoms with Gasteiger partial charge < -0.3 is 20.3 Å². The predicted octanol–water partition coefficient (Wildman–Crippen LogP) is 2.75. The Morgan fingerprint density at radius 1 is 1.26 bits per heavy atom. The highest BCUT2D eigenvalue weighted by atomic mass is 16.6. The maximum atomic E-state index is 11.9. The fourth-order valence-electron chi connectivity index (χ4n) is 2.44. The Balaban J connectivity index is 1.84. The van der Waals surface area contributed by atoms with E-state index in [-0.39, 0.29) is 5.91 Å². The van der Waals surface area contributed by atoms with Crippen LogP contribution in [0.2, 0.25) is 0 Å². The lowest BCUT2D eigenvalue weighted by molar-refractivity contribution is -0.117. The molecule has 0 aliphatic carbocycles. The van der Waals surface area contributed by atoms with Gasteiger partial charge in [0, 0.05) is 26.1 Å². The highest BCUT2D eigenvalue weighted by Gasteiger charge is 2.23. The second kappa shape index (κ2) is 7.35. The van der Waals surface area contributed by atoms with Gasteiger partial charge in [-0.3, -0.25) is 4.79 Å². The molecule has 1 aliphatic heterocycles. The van der Waals surface area contributed by atoms with Crippen LogP contribution >= 0.6 is 0 Å². The molecule has 126 valence electrons. The van der Waals surface area contributed by atoms with E-state index < -0.39 is 11.7 Å². The number of anilines is 2. The van der Waals surface area contributed by atoms with Gasteiger partial charge in [-0.25, -0.2) is 4.79 Å². The van der Waals surface area contributed by atoms with Crippen LogP contribution in [-0.2, 0) is 9.53 Å². The molecule has 6 heteroatoms. The van der Waals surface area contributed by atoms with E-state index in [1.165, 1.54) is 0 Å². The molecule has 0 bridgehead atoms. The van der Waals surface area contributed by atoms with Crippen molar-refractivity contribution in [3.8, 4) is 0 Å². The van der Waals surface area contributed by atoms with Gasteiger partial charge in [0.25, 0.3) is 0 Å². The van der Waals surface area contributed by atoms with Crippen molar-refractivity contribution in [1.29, 1.82) is 0 Å². The van der Waals surface area contributed by atoms with Crippen LogP contribution in [0, 0.1) is 0 Å². The molecule has 1 fully saturated rings. The molecule has 2 rings (SSSR count). The molecule has 0 aromatic heterocycles. The molecular formula is C17H25N3O3. The summed E-state index contributed by atoms with van der Waals surface area (Å²) in [5, 5.41) is 5.97. The van der Waals surface area contributed by atoms with Gasteiger partial charge in [-0.1, -0.05) is 12.1 Å². The molecule has 0 unspecified atom stereocenters. The van der Waals surface area contributed by atoms with Crippen molar-refractivity contribution in [3.63, 3.8) is 0 Å². The number of hydrogen-bond acceptors (Lipinski definition) is 4. The van der Waals surface area contributed by atoms with Crippen molar-refractivity contribution in [2.24, 2.45) is 0 Å². The number of nitrogens with one attached hydrogen (secondary N) is 2. The zero-order valence-electron chi connectivity index (χ0n) is 14.0. The Kier molecular flexibility index (Phi) is 5.47. The summed E-state index contributed by atoms with van der Waals surface area (Å²) in [6.07, 6.45) is 1.07. The van der Waals surface area contributed by atoms with Crippen LogP contribution in [0.3, 0.4) is 0 Å². The lowest BCUT2D eigenvalue weighted by Gasteiger charge is -2.21. The average molecular weight is 319 g/mol. The third kappa shape index (κ3) is 5.16. The van der Waals surface area contributed by atoms with E-state index in [9.17, 15) is 9.59 Å². The van der Waals surface area contributed by atoms with Gasteiger partial charge in [-0.15, -0.1) is 0 Å². The summed E-state index contributed by atoms with van der Waals surface area (Å²) in [6.45, 7) is 7.24. The number of hydrogen-bond donors (Lipinski definition) is 2. The molecule has 2 N–H and O–H groups in total. The van der Waals surface area contributed by atoms with Crippen molar-refractivity contribution in [2.45, 2.75) is 39.2 Å². The topological polar surface area (TPSA) is 70.7 Å². The number of carbonyl (C=O) groups is 2. The van der Waals surface area contributed by atoms with Crippen LogP contribution in [0.4, 0.5) is 16.2 Å². The molecule has 1 aliphatic rings. The van der Waals surface area contributed by atoms with Gasteiger partial charge in [0.05, 0.1) is 11.4 Å². The van der Waals surface area contributed by atoms with Crippen LogP contribution < -0.4 is 15.5 Å². The third-order valence-corrected chi connectivity index (χ3v) is 3.38. The van der Waals surface area contributed by atoms with Crippen molar-refractivity contribution >= 4 is 23.4 Å². The first-order valence-corrected chi connectivity index (χ1v) is 7.97. The maximum Gasteiger partial charge on any atom is 0.407 e. The second-order valence-electron chi connectivity index (χ2n) is 6.52. The monoisotopic (exact) mass is 319 g/mol. The van der Waals surface area contributed by atoms with Gasteiger partial charge in [0.1, 0.15) is 5.60 Å². The first kappa shape index (κ1) is 17.1. The summed E-state index contributed by atoms with van der Waals surface area (Å²) >= 11 is 0. The smallest absolute Gasteiger partial charge is 0.407 e. The van der Waals surface area contributed by atoms with Gasteiger partial charge >= 0.3 is 6.09 Å². The molecule has 1 saturated heterocycles. The molecule has 1 aromatic carbocycles. The Labute approximate surface area is 137 Å². The number of alkyl carbamates (subject to hydrolysis) is 1. The fraction of sp³-hybridized carbons (Fsp3) is 0.529. The van der Waals surface area contributed by atoms with Crippen molar-refractivity contribution in [2.75, 3.05) is 29.9 Å². The Hall–Kier alpha value is -2.24. The van der Waals surface area contributed by atoms with E-state index in [0.29, 0.717) is 19.5 Å².